The highest BCUT2D eigenvalue weighted by molar-refractivity contribution is 5.84. The SMILES string of the molecule is CNC(=O)N1CC(CO)CC(N(C(=O)NCc2ccc3cc(OC)ccc3c2)C2CC2)C1. The number of aliphatic hydroxyl groups is 1. The Kier molecular flexibility index (Phi) is 6.69. The van der Waals surface area contributed by atoms with Crippen molar-refractivity contribution in [3.05, 3.63) is 42.0 Å². The number of rotatable bonds is 6. The number of urea groups is 2. The highest BCUT2D eigenvalue weighted by atomic mass is 16.5. The van der Waals surface area contributed by atoms with Crippen LogP contribution in [-0.2, 0) is 6.54 Å². The molecular weight excluding hydrogens is 408 g/mol. The first-order chi connectivity index (χ1) is 15.5. The van der Waals surface area contributed by atoms with Crippen LogP contribution in [0.1, 0.15) is 24.8 Å². The maximum Gasteiger partial charge on any atom is 0.318 e. The smallest absolute Gasteiger partial charge is 0.318 e. The molecule has 32 heavy (non-hydrogen) atoms. The quantitative estimate of drug-likeness (QED) is 0.644. The van der Waals surface area contributed by atoms with Crippen molar-refractivity contribution in [2.75, 3.05) is 33.9 Å². The van der Waals surface area contributed by atoms with Gasteiger partial charge in [-0.25, -0.2) is 9.59 Å². The van der Waals surface area contributed by atoms with E-state index in [-0.39, 0.29) is 36.7 Å². The molecule has 3 N–H and O–H groups in total. The topological polar surface area (TPSA) is 94.1 Å². The van der Waals surface area contributed by atoms with Crippen molar-refractivity contribution in [3.8, 4) is 5.75 Å². The van der Waals surface area contributed by atoms with Gasteiger partial charge in [0.15, 0.2) is 0 Å². The number of amides is 4. The number of piperidine rings is 1. The van der Waals surface area contributed by atoms with Gasteiger partial charge in [0.05, 0.1) is 13.2 Å². The van der Waals surface area contributed by atoms with Crippen LogP contribution in [0.5, 0.6) is 5.75 Å². The molecule has 1 saturated carbocycles. The number of carbonyl (C=O) groups is 2. The number of methoxy groups -OCH3 is 1. The molecule has 8 heteroatoms. The lowest BCUT2D eigenvalue weighted by Gasteiger charge is -2.42. The molecule has 4 rings (SSSR count). The Morgan fingerprint density at radius 3 is 2.56 bits per heavy atom. The fraction of sp³-hybridized carbons (Fsp3) is 0.500. The van der Waals surface area contributed by atoms with Crippen LogP contribution in [0.15, 0.2) is 36.4 Å². The van der Waals surface area contributed by atoms with Gasteiger partial charge >= 0.3 is 12.1 Å². The van der Waals surface area contributed by atoms with Crippen LogP contribution in [0.2, 0.25) is 0 Å². The van der Waals surface area contributed by atoms with Crippen LogP contribution in [-0.4, -0.2) is 72.9 Å². The summed E-state index contributed by atoms with van der Waals surface area (Å²) >= 11 is 0. The van der Waals surface area contributed by atoms with Crippen molar-refractivity contribution < 1.29 is 19.4 Å². The first-order valence-corrected chi connectivity index (χ1v) is 11.2. The number of ether oxygens (including phenoxy) is 1. The Hall–Kier alpha value is -3.00. The second-order valence-corrected chi connectivity index (χ2v) is 8.74. The first-order valence-electron chi connectivity index (χ1n) is 11.2. The van der Waals surface area contributed by atoms with E-state index in [0.29, 0.717) is 26.1 Å². The van der Waals surface area contributed by atoms with Crippen molar-refractivity contribution in [2.45, 2.75) is 37.9 Å². The van der Waals surface area contributed by atoms with E-state index in [1.807, 2.05) is 35.2 Å². The number of nitrogens with zero attached hydrogens (tertiary/aromatic N) is 2. The molecule has 2 aromatic carbocycles. The van der Waals surface area contributed by atoms with Crippen molar-refractivity contribution >= 4 is 22.8 Å². The highest BCUT2D eigenvalue weighted by Crippen LogP contribution is 2.33. The van der Waals surface area contributed by atoms with Crippen molar-refractivity contribution in [1.29, 1.82) is 0 Å². The molecule has 1 aliphatic heterocycles. The molecule has 8 nitrogen and oxygen atoms in total. The number of likely N-dealkylation sites (tertiary alicyclic amines) is 1. The molecule has 2 aromatic rings. The van der Waals surface area contributed by atoms with E-state index in [4.69, 9.17) is 4.74 Å². The third-order valence-corrected chi connectivity index (χ3v) is 6.40. The lowest BCUT2D eigenvalue weighted by atomic mass is 9.94. The van der Waals surface area contributed by atoms with Crippen LogP contribution in [0.25, 0.3) is 10.8 Å². The summed E-state index contributed by atoms with van der Waals surface area (Å²) in [6, 6.07) is 11.9. The number of nitrogens with one attached hydrogen (secondary N) is 2. The minimum absolute atomic E-state index is 0.00595. The van der Waals surface area contributed by atoms with Crippen molar-refractivity contribution in [2.24, 2.45) is 5.92 Å². The van der Waals surface area contributed by atoms with E-state index in [1.54, 1.807) is 19.1 Å². The van der Waals surface area contributed by atoms with Crippen LogP contribution in [0.3, 0.4) is 0 Å². The summed E-state index contributed by atoms with van der Waals surface area (Å²) in [4.78, 5) is 29.0. The molecule has 2 aliphatic rings. The Bertz CT molecular complexity index is 978. The highest BCUT2D eigenvalue weighted by Gasteiger charge is 2.41. The second-order valence-electron chi connectivity index (χ2n) is 8.74. The largest absolute Gasteiger partial charge is 0.497 e. The van der Waals surface area contributed by atoms with Gasteiger partial charge in [-0.15, -0.1) is 0 Å². The van der Waals surface area contributed by atoms with Gasteiger partial charge in [0, 0.05) is 45.2 Å². The number of carbonyl (C=O) groups excluding carboxylic acids is 2. The predicted octanol–water partition coefficient (Wildman–Crippen LogP) is 2.54. The van der Waals surface area contributed by atoms with E-state index in [9.17, 15) is 14.7 Å². The standard InChI is InChI=1S/C24H32N4O4/c1-25-23(30)27-13-17(15-29)10-21(14-27)28(20-6-7-20)24(31)26-12-16-3-4-19-11-22(32-2)8-5-18(19)9-16/h3-5,8-9,11,17,20-21,29H,6-7,10,12-15H2,1-2H3,(H,25,30)(H,26,31). The van der Waals surface area contributed by atoms with Gasteiger partial charge in [-0.1, -0.05) is 18.2 Å². The fourth-order valence-electron chi connectivity index (χ4n) is 4.59. The van der Waals surface area contributed by atoms with E-state index in [0.717, 1.165) is 34.9 Å². The van der Waals surface area contributed by atoms with E-state index in [2.05, 4.69) is 16.7 Å². The third kappa shape index (κ3) is 4.91. The summed E-state index contributed by atoms with van der Waals surface area (Å²) in [6.45, 7) is 1.43. The lowest BCUT2D eigenvalue weighted by molar-refractivity contribution is 0.0690. The van der Waals surface area contributed by atoms with E-state index >= 15 is 0 Å². The summed E-state index contributed by atoms with van der Waals surface area (Å²) in [5.74, 6) is 0.788. The predicted molar refractivity (Wildman–Crippen MR) is 123 cm³/mol. The molecule has 2 fully saturated rings. The van der Waals surface area contributed by atoms with Crippen LogP contribution >= 0.6 is 0 Å². The number of benzene rings is 2. The number of aliphatic hydroxyl groups excluding tert-OH is 1. The van der Waals surface area contributed by atoms with Crippen LogP contribution in [0.4, 0.5) is 9.59 Å². The molecule has 0 radical (unpaired) electrons. The molecule has 4 amide bonds. The third-order valence-electron chi connectivity index (χ3n) is 6.40. The van der Waals surface area contributed by atoms with Gasteiger partial charge in [0.25, 0.3) is 0 Å². The maximum atomic E-state index is 13.2. The molecule has 1 saturated heterocycles. The monoisotopic (exact) mass is 440 g/mol. The van der Waals surface area contributed by atoms with Gasteiger partial charge in [0.1, 0.15) is 5.75 Å². The lowest BCUT2D eigenvalue weighted by Crippen LogP contribution is -2.58. The van der Waals surface area contributed by atoms with E-state index in [1.165, 1.54) is 0 Å². The summed E-state index contributed by atoms with van der Waals surface area (Å²) in [5.41, 5.74) is 1.02. The summed E-state index contributed by atoms with van der Waals surface area (Å²) < 4.78 is 5.28. The molecule has 0 spiro atoms. The molecule has 1 heterocycles. The molecule has 0 bridgehead atoms. The first kappa shape index (κ1) is 22.2. The molecular formula is C24H32N4O4. The Morgan fingerprint density at radius 2 is 1.88 bits per heavy atom. The van der Waals surface area contributed by atoms with Gasteiger partial charge in [-0.3, -0.25) is 0 Å². The fourth-order valence-corrected chi connectivity index (χ4v) is 4.59. The number of hydrogen-bond donors (Lipinski definition) is 3. The molecule has 1 aliphatic carbocycles. The summed E-state index contributed by atoms with van der Waals surface area (Å²) in [6.07, 6.45) is 2.66. The molecule has 172 valence electrons. The average Bonchev–Trinajstić information content (AvgIpc) is 3.66. The maximum absolute atomic E-state index is 13.2. The Labute approximate surface area is 188 Å². The number of hydrogen-bond acceptors (Lipinski definition) is 4. The normalized spacial score (nSPS) is 20.7. The zero-order chi connectivity index (χ0) is 22.7. The minimum atomic E-state index is -0.169. The van der Waals surface area contributed by atoms with Crippen molar-refractivity contribution in [3.63, 3.8) is 0 Å². The zero-order valence-electron chi connectivity index (χ0n) is 18.7. The molecule has 2 unspecified atom stereocenters. The van der Waals surface area contributed by atoms with Crippen LogP contribution in [0, 0.1) is 5.92 Å². The van der Waals surface area contributed by atoms with Gasteiger partial charge in [-0.2, -0.15) is 0 Å². The Morgan fingerprint density at radius 1 is 1.12 bits per heavy atom. The van der Waals surface area contributed by atoms with Gasteiger partial charge in [-0.05, 0) is 53.8 Å². The summed E-state index contributed by atoms with van der Waals surface area (Å²) in [5, 5.41) is 17.7. The molecule has 0 aromatic heterocycles. The second kappa shape index (κ2) is 9.65. The minimum Gasteiger partial charge on any atom is -0.497 e. The Balaban J connectivity index is 1.44. The van der Waals surface area contributed by atoms with E-state index < -0.39 is 0 Å². The van der Waals surface area contributed by atoms with Crippen molar-refractivity contribution in [1.82, 2.24) is 20.4 Å². The van der Waals surface area contributed by atoms with Crippen LogP contribution < -0.4 is 15.4 Å². The average molecular weight is 441 g/mol. The zero-order valence-corrected chi connectivity index (χ0v) is 18.7. The van der Waals surface area contributed by atoms with Gasteiger partial charge in [0.2, 0.25) is 0 Å². The van der Waals surface area contributed by atoms with Gasteiger partial charge < -0.3 is 30.3 Å². The number of fused-ring (bicyclic) bond motifs is 1. The summed E-state index contributed by atoms with van der Waals surface area (Å²) in [7, 11) is 3.25. The molecule has 2 atom stereocenters.